The molecule has 200 valence electrons. The Balaban J connectivity index is 1.77. The highest BCUT2D eigenvalue weighted by atomic mass is 32.2. The van der Waals surface area contributed by atoms with Gasteiger partial charge >= 0.3 is 12.2 Å². The Bertz CT molecular complexity index is 1050. The van der Waals surface area contributed by atoms with E-state index in [1.165, 1.54) is 4.90 Å². The summed E-state index contributed by atoms with van der Waals surface area (Å²) in [5.74, 6) is -0.693. The average molecular weight is 529 g/mol. The van der Waals surface area contributed by atoms with Crippen LogP contribution < -0.4 is 0 Å². The summed E-state index contributed by atoms with van der Waals surface area (Å²) >= 11 is 1.14. The third-order valence-electron chi connectivity index (χ3n) is 6.96. The highest BCUT2D eigenvalue weighted by Gasteiger charge is 2.48. The molecule has 0 radical (unpaired) electrons. The molecule has 2 aromatic rings. The molecule has 2 aromatic carbocycles. The summed E-state index contributed by atoms with van der Waals surface area (Å²) in [5, 5.41) is 10.5. The van der Waals surface area contributed by atoms with Gasteiger partial charge in [0.25, 0.3) is 0 Å². The lowest BCUT2D eigenvalue weighted by Gasteiger charge is -2.38. The number of benzene rings is 2. The first kappa shape index (κ1) is 28.5. The summed E-state index contributed by atoms with van der Waals surface area (Å²) in [4.78, 5) is 41.8. The molecule has 0 aromatic heterocycles. The van der Waals surface area contributed by atoms with Gasteiger partial charge < -0.3 is 19.5 Å². The molecular weight excluding hydrogens is 492 g/mol. The van der Waals surface area contributed by atoms with Gasteiger partial charge in [-0.25, -0.2) is 14.5 Å². The third-order valence-corrected chi connectivity index (χ3v) is 7.95. The Morgan fingerprint density at radius 2 is 1.73 bits per heavy atom. The molecule has 9 heteroatoms. The molecule has 0 unspecified atom stereocenters. The second-order valence-electron chi connectivity index (χ2n) is 9.34. The van der Waals surface area contributed by atoms with E-state index in [0.717, 1.165) is 27.8 Å². The summed E-state index contributed by atoms with van der Waals surface area (Å²) in [7, 11) is 1.56. The zero-order valence-corrected chi connectivity index (χ0v) is 22.8. The highest BCUT2D eigenvalue weighted by Crippen LogP contribution is 2.35. The first-order valence-electron chi connectivity index (χ1n) is 12.4. The number of cyclic esters (lactones) is 1. The Morgan fingerprint density at radius 3 is 2.30 bits per heavy atom. The van der Waals surface area contributed by atoms with Crippen LogP contribution >= 0.6 is 11.8 Å². The topological polar surface area (TPSA) is 96.4 Å². The summed E-state index contributed by atoms with van der Waals surface area (Å²) in [6.07, 6.45) is -0.827. The Hall–Kier alpha value is -3.04. The van der Waals surface area contributed by atoms with E-state index in [2.05, 4.69) is 0 Å². The van der Waals surface area contributed by atoms with Crippen molar-refractivity contribution in [1.29, 1.82) is 0 Å². The molecule has 0 saturated carbocycles. The minimum atomic E-state index is -1.25. The molecule has 8 nitrogen and oxygen atoms in total. The molecule has 6 atom stereocenters. The largest absolute Gasteiger partial charge is 0.445 e. The molecule has 1 saturated heterocycles. The van der Waals surface area contributed by atoms with Gasteiger partial charge in [-0.2, -0.15) is 0 Å². The van der Waals surface area contributed by atoms with Gasteiger partial charge in [-0.3, -0.25) is 4.79 Å². The summed E-state index contributed by atoms with van der Waals surface area (Å²) < 4.78 is 11.0. The Morgan fingerprint density at radius 1 is 1.14 bits per heavy atom. The lowest BCUT2D eigenvalue weighted by molar-refractivity contribution is -0.131. The zero-order chi connectivity index (χ0) is 27.1. The van der Waals surface area contributed by atoms with Crippen LogP contribution in [0.4, 0.5) is 9.59 Å². The van der Waals surface area contributed by atoms with Crippen molar-refractivity contribution in [1.82, 2.24) is 9.80 Å². The van der Waals surface area contributed by atoms with Crippen molar-refractivity contribution in [3.05, 3.63) is 71.8 Å². The predicted octanol–water partition coefficient (Wildman–Crippen LogP) is 4.87. The summed E-state index contributed by atoms with van der Waals surface area (Å²) in [6, 6.07) is 17.3. The second kappa shape index (κ2) is 13.0. The normalized spacial score (nSPS) is 20.5. The number of ether oxygens (including phenoxy) is 2. The molecule has 0 spiro atoms. The molecular formula is C28H36N2O6S. The maximum absolute atomic E-state index is 13.6. The van der Waals surface area contributed by atoms with E-state index in [-0.39, 0.29) is 12.5 Å². The van der Waals surface area contributed by atoms with E-state index in [9.17, 15) is 19.5 Å². The van der Waals surface area contributed by atoms with Gasteiger partial charge in [-0.05, 0) is 30.2 Å². The predicted molar refractivity (Wildman–Crippen MR) is 143 cm³/mol. The van der Waals surface area contributed by atoms with Gasteiger partial charge in [0.2, 0.25) is 5.91 Å². The van der Waals surface area contributed by atoms with Crippen molar-refractivity contribution in [3.63, 3.8) is 0 Å². The Kier molecular flexibility index (Phi) is 10.00. The number of aliphatic hydroxyl groups excluding tert-OH is 1. The van der Waals surface area contributed by atoms with Gasteiger partial charge in [0.05, 0.1) is 18.2 Å². The fraction of sp³-hybridized carbons (Fsp3) is 0.464. The number of thioether (sulfide) groups is 1. The first-order chi connectivity index (χ1) is 17.7. The molecule has 1 aliphatic rings. The van der Waals surface area contributed by atoms with Crippen molar-refractivity contribution in [3.8, 4) is 0 Å². The number of hydrogen-bond donors (Lipinski definition) is 1. The van der Waals surface area contributed by atoms with Crippen molar-refractivity contribution in [2.24, 2.45) is 5.92 Å². The van der Waals surface area contributed by atoms with E-state index in [1.54, 1.807) is 20.2 Å². The van der Waals surface area contributed by atoms with Crippen molar-refractivity contribution < 1.29 is 29.0 Å². The van der Waals surface area contributed by atoms with Crippen LogP contribution in [0.2, 0.25) is 0 Å². The van der Waals surface area contributed by atoms with Gasteiger partial charge in [-0.15, -0.1) is 11.8 Å². The number of imide groups is 1. The number of aliphatic hydroxyl groups is 1. The fourth-order valence-corrected chi connectivity index (χ4v) is 5.43. The van der Waals surface area contributed by atoms with Gasteiger partial charge in [0, 0.05) is 7.05 Å². The number of nitrogens with zero attached hydrogens (tertiary/aromatic N) is 2. The number of hydrogen-bond acceptors (Lipinski definition) is 7. The minimum absolute atomic E-state index is 0.0935. The maximum atomic E-state index is 13.6. The van der Waals surface area contributed by atoms with E-state index in [0.29, 0.717) is 6.42 Å². The monoisotopic (exact) mass is 528 g/mol. The lowest BCUT2D eigenvalue weighted by atomic mass is 9.91. The van der Waals surface area contributed by atoms with Crippen molar-refractivity contribution in [2.75, 3.05) is 13.3 Å². The molecule has 3 rings (SSSR count). The van der Waals surface area contributed by atoms with Crippen LogP contribution in [-0.4, -0.2) is 69.7 Å². The molecule has 0 bridgehead atoms. The number of carbonyl (C=O) groups excluding carboxylic acids is 3. The fourth-order valence-electron chi connectivity index (χ4n) is 4.68. The van der Waals surface area contributed by atoms with Crippen LogP contribution in [0.5, 0.6) is 0 Å². The quantitative estimate of drug-likeness (QED) is 0.470. The summed E-state index contributed by atoms with van der Waals surface area (Å²) in [5.41, 5.74) is 1.63. The number of carbonyl (C=O) groups is 3. The molecule has 1 heterocycles. The Labute approximate surface area is 222 Å². The molecule has 3 amide bonds. The standard InChI is InChI=1S/C28H36N2O6S/c1-6-18(2)22(29(4)27(33)35-17-20-13-9-7-10-14-20)23(31)25(37-5)26(32)30-19(3)24(36-28(30)34)21-15-11-8-12-16-21/h7-16,18-19,22-25,31H,6,17H2,1-5H3/t18-,19+,22-,23-,24+,25+/m0/s1. The van der Waals surface area contributed by atoms with Crippen LogP contribution in [0, 0.1) is 5.92 Å². The van der Waals surface area contributed by atoms with E-state index < -0.39 is 47.6 Å². The van der Waals surface area contributed by atoms with Gasteiger partial charge in [0.15, 0.2) is 0 Å². The van der Waals surface area contributed by atoms with Gasteiger partial charge in [-0.1, -0.05) is 80.9 Å². The zero-order valence-electron chi connectivity index (χ0n) is 21.9. The highest BCUT2D eigenvalue weighted by molar-refractivity contribution is 8.00. The van der Waals surface area contributed by atoms with Crippen LogP contribution in [-0.2, 0) is 20.9 Å². The van der Waals surface area contributed by atoms with Crippen LogP contribution in [0.1, 0.15) is 44.4 Å². The van der Waals surface area contributed by atoms with Gasteiger partial charge in [0.1, 0.15) is 18.0 Å². The molecule has 1 aliphatic heterocycles. The SMILES string of the molecule is CC[C@H](C)[C@@H]([C@H](O)[C@@H](SC)C(=O)N1C(=O)O[C@@H](c2ccccc2)[C@H]1C)N(C)C(=O)OCc1ccccc1. The number of rotatable bonds is 10. The number of amides is 3. The smallest absolute Gasteiger partial charge is 0.417 e. The van der Waals surface area contributed by atoms with Crippen LogP contribution in [0.15, 0.2) is 60.7 Å². The third kappa shape index (κ3) is 6.45. The molecule has 0 aliphatic carbocycles. The number of likely N-dealkylation sites (N-methyl/N-ethyl adjacent to an activating group) is 1. The van der Waals surface area contributed by atoms with E-state index in [1.807, 2.05) is 74.5 Å². The average Bonchev–Trinajstić information content (AvgIpc) is 3.21. The van der Waals surface area contributed by atoms with Crippen molar-refractivity contribution in [2.45, 2.75) is 63.3 Å². The second-order valence-corrected chi connectivity index (χ2v) is 10.3. The lowest BCUT2D eigenvalue weighted by Crippen LogP contribution is -2.56. The van der Waals surface area contributed by atoms with Crippen LogP contribution in [0.25, 0.3) is 0 Å². The van der Waals surface area contributed by atoms with Crippen LogP contribution in [0.3, 0.4) is 0 Å². The molecule has 37 heavy (non-hydrogen) atoms. The molecule has 1 N–H and O–H groups in total. The van der Waals surface area contributed by atoms with Crippen molar-refractivity contribution >= 4 is 29.9 Å². The minimum Gasteiger partial charge on any atom is -0.445 e. The van der Waals surface area contributed by atoms with E-state index >= 15 is 0 Å². The van der Waals surface area contributed by atoms with E-state index in [4.69, 9.17) is 9.47 Å². The maximum Gasteiger partial charge on any atom is 0.417 e. The summed E-state index contributed by atoms with van der Waals surface area (Å²) in [6.45, 7) is 5.71. The molecule has 1 fully saturated rings. The first-order valence-corrected chi connectivity index (χ1v) is 13.7.